The summed E-state index contributed by atoms with van der Waals surface area (Å²) in [7, 11) is 0. The third-order valence-corrected chi connectivity index (χ3v) is 4.18. The molecule has 0 aliphatic rings. The molecule has 5 nitrogen and oxygen atoms in total. The van der Waals surface area contributed by atoms with Gasteiger partial charge in [0.15, 0.2) is 11.5 Å². The fraction of sp³-hybridized carbons (Fsp3) is 0.300. The summed E-state index contributed by atoms with van der Waals surface area (Å²) in [6.07, 6.45) is 2.11. The predicted octanol–water partition coefficient (Wildman–Crippen LogP) is 3.87. The van der Waals surface area contributed by atoms with Crippen molar-refractivity contribution >= 4 is 22.7 Å². The zero-order chi connectivity index (χ0) is 17.9. The number of hydrogen-bond donors (Lipinski definition) is 2. The number of carbonyl (C=O) groups excluding carboxylic acids is 1. The highest BCUT2D eigenvalue weighted by Crippen LogP contribution is 2.22. The van der Waals surface area contributed by atoms with Crippen molar-refractivity contribution in [2.75, 3.05) is 5.32 Å². The number of carbonyl (C=O) groups is 1. The van der Waals surface area contributed by atoms with E-state index in [0.29, 0.717) is 30.0 Å². The summed E-state index contributed by atoms with van der Waals surface area (Å²) in [6.45, 7) is 3.75. The van der Waals surface area contributed by atoms with Crippen LogP contribution in [-0.2, 0) is 11.2 Å². The standard InChI is InChI=1S/C20H23N3O2/c1-3-11-20(2,21)19(24)22-15-9-10-16-17(13-15)25-18(23-16)12-14-7-5-4-6-8-14/h4-10,13H,3,11-12,21H2,1-2H3,(H,22,24). The van der Waals surface area contributed by atoms with Gasteiger partial charge in [-0.05, 0) is 31.0 Å². The Morgan fingerprint density at radius 3 is 2.72 bits per heavy atom. The van der Waals surface area contributed by atoms with Crippen molar-refractivity contribution < 1.29 is 9.21 Å². The van der Waals surface area contributed by atoms with E-state index in [4.69, 9.17) is 10.2 Å². The Morgan fingerprint density at radius 1 is 1.24 bits per heavy atom. The predicted molar refractivity (Wildman–Crippen MR) is 99.4 cm³/mol. The van der Waals surface area contributed by atoms with Gasteiger partial charge >= 0.3 is 0 Å². The van der Waals surface area contributed by atoms with Crippen molar-refractivity contribution in [2.45, 2.75) is 38.6 Å². The Labute approximate surface area is 147 Å². The molecule has 1 amide bonds. The fourth-order valence-electron chi connectivity index (χ4n) is 2.80. The second-order valence-electron chi connectivity index (χ2n) is 6.57. The summed E-state index contributed by atoms with van der Waals surface area (Å²) >= 11 is 0. The first-order chi connectivity index (χ1) is 12.0. The first kappa shape index (κ1) is 17.2. The monoisotopic (exact) mass is 337 g/mol. The van der Waals surface area contributed by atoms with E-state index in [1.807, 2.05) is 49.4 Å². The lowest BCUT2D eigenvalue weighted by molar-refractivity contribution is -0.120. The molecule has 0 saturated carbocycles. The molecule has 0 radical (unpaired) electrons. The lowest BCUT2D eigenvalue weighted by Crippen LogP contribution is -2.48. The summed E-state index contributed by atoms with van der Waals surface area (Å²) in [4.78, 5) is 16.8. The van der Waals surface area contributed by atoms with Crippen molar-refractivity contribution in [2.24, 2.45) is 5.73 Å². The van der Waals surface area contributed by atoms with Crippen molar-refractivity contribution in [1.29, 1.82) is 0 Å². The molecule has 0 saturated heterocycles. The number of aromatic nitrogens is 1. The number of nitrogens with two attached hydrogens (primary N) is 1. The topological polar surface area (TPSA) is 81.2 Å². The van der Waals surface area contributed by atoms with Crippen LogP contribution in [0.1, 0.15) is 38.1 Å². The maximum absolute atomic E-state index is 12.3. The van der Waals surface area contributed by atoms with Crippen LogP contribution in [0.15, 0.2) is 52.9 Å². The molecule has 3 rings (SSSR count). The Hall–Kier alpha value is -2.66. The first-order valence-electron chi connectivity index (χ1n) is 8.51. The third kappa shape index (κ3) is 4.06. The molecule has 3 aromatic rings. The third-order valence-electron chi connectivity index (χ3n) is 4.18. The van der Waals surface area contributed by atoms with E-state index in [1.165, 1.54) is 0 Å². The van der Waals surface area contributed by atoms with Crippen LogP contribution in [0.4, 0.5) is 5.69 Å². The molecule has 1 atom stereocenters. The quantitative estimate of drug-likeness (QED) is 0.715. The Bertz CT molecular complexity index is 869. The Morgan fingerprint density at radius 2 is 2.00 bits per heavy atom. The molecule has 0 aliphatic heterocycles. The molecule has 0 spiro atoms. The number of oxazole rings is 1. The minimum atomic E-state index is -0.885. The van der Waals surface area contributed by atoms with Crippen molar-refractivity contribution in [3.63, 3.8) is 0 Å². The van der Waals surface area contributed by atoms with Gasteiger partial charge < -0.3 is 15.5 Å². The first-order valence-corrected chi connectivity index (χ1v) is 8.51. The van der Waals surface area contributed by atoms with Crippen molar-refractivity contribution in [3.8, 4) is 0 Å². The van der Waals surface area contributed by atoms with Crippen LogP contribution in [0.5, 0.6) is 0 Å². The summed E-state index contributed by atoms with van der Waals surface area (Å²) in [5.41, 5.74) is 8.41. The van der Waals surface area contributed by atoms with Gasteiger partial charge in [0.2, 0.25) is 5.91 Å². The number of benzene rings is 2. The van der Waals surface area contributed by atoms with E-state index in [9.17, 15) is 4.79 Å². The second-order valence-corrected chi connectivity index (χ2v) is 6.57. The molecule has 0 bridgehead atoms. The molecule has 1 heterocycles. The zero-order valence-electron chi connectivity index (χ0n) is 14.6. The average molecular weight is 337 g/mol. The van der Waals surface area contributed by atoms with Gasteiger partial charge in [0.25, 0.3) is 0 Å². The fourth-order valence-corrected chi connectivity index (χ4v) is 2.80. The van der Waals surface area contributed by atoms with Crippen LogP contribution in [0.2, 0.25) is 0 Å². The molecule has 0 aliphatic carbocycles. The molecule has 2 aromatic carbocycles. The number of anilines is 1. The summed E-state index contributed by atoms with van der Waals surface area (Å²) in [5, 5.41) is 2.87. The smallest absolute Gasteiger partial charge is 0.244 e. The highest BCUT2D eigenvalue weighted by atomic mass is 16.3. The van der Waals surface area contributed by atoms with Gasteiger partial charge in [-0.1, -0.05) is 43.7 Å². The highest BCUT2D eigenvalue weighted by molar-refractivity contribution is 5.98. The van der Waals surface area contributed by atoms with E-state index in [-0.39, 0.29) is 5.91 Å². The number of fused-ring (bicyclic) bond motifs is 1. The van der Waals surface area contributed by atoms with Crippen LogP contribution >= 0.6 is 0 Å². The van der Waals surface area contributed by atoms with Gasteiger partial charge in [-0.2, -0.15) is 0 Å². The zero-order valence-corrected chi connectivity index (χ0v) is 14.6. The van der Waals surface area contributed by atoms with Gasteiger partial charge in [-0.3, -0.25) is 4.79 Å². The maximum atomic E-state index is 12.3. The molecule has 1 aromatic heterocycles. The molecule has 25 heavy (non-hydrogen) atoms. The summed E-state index contributed by atoms with van der Waals surface area (Å²) in [5.74, 6) is 0.456. The lowest BCUT2D eigenvalue weighted by Gasteiger charge is -2.22. The van der Waals surface area contributed by atoms with Crippen LogP contribution in [-0.4, -0.2) is 16.4 Å². The van der Waals surface area contributed by atoms with E-state index in [2.05, 4.69) is 10.3 Å². The van der Waals surface area contributed by atoms with Gasteiger partial charge in [0.1, 0.15) is 5.52 Å². The van der Waals surface area contributed by atoms with Gasteiger partial charge in [-0.15, -0.1) is 0 Å². The number of nitrogens with one attached hydrogen (secondary N) is 1. The minimum Gasteiger partial charge on any atom is -0.440 e. The highest BCUT2D eigenvalue weighted by Gasteiger charge is 2.27. The van der Waals surface area contributed by atoms with E-state index in [0.717, 1.165) is 17.5 Å². The van der Waals surface area contributed by atoms with E-state index < -0.39 is 5.54 Å². The van der Waals surface area contributed by atoms with Gasteiger partial charge in [0.05, 0.1) is 5.54 Å². The lowest BCUT2D eigenvalue weighted by atomic mass is 9.96. The molecule has 1 unspecified atom stereocenters. The molecular formula is C20H23N3O2. The number of hydrogen-bond acceptors (Lipinski definition) is 4. The number of rotatable bonds is 6. The van der Waals surface area contributed by atoms with E-state index >= 15 is 0 Å². The molecule has 3 N–H and O–H groups in total. The summed E-state index contributed by atoms with van der Waals surface area (Å²) in [6, 6.07) is 15.5. The van der Waals surface area contributed by atoms with Gasteiger partial charge in [-0.25, -0.2) is 4.98 Å². The van der Waals surface area contributed by atoms with Crippen LogP contribution < -0.4 is 11.1 Å². The van der Waals surface area contributed by atoms with Crippen molar-refractivity contribution in [1.82, 2.24) is 4.98 Å². The minimum absolute atomic E-state index is 0.197. The SMILES string of the molecule is CCCC(C)(N)C(=O)Nc1ccc2nc(Cc3ccccc3)oc2c1. The molecular weight excluding hydrogens is 314 g/mol. The molecule has 5 heteroatoms. The Balaban J connectivity index is 1.77. The number of amides is 1. The van der Waals surface area contributed by atoms with Crippen molar-refractivity contribution in [3.05, 3.63) is 60.0 Å². The largest absolute Gasteiger partial charge is 0.440 e. The molecule has 130 valence electrons. The van der Waals surface area contributed by atoms with Crippen LogP contribution in [0.3, 0.4) is 0 Å². The van der Waals surface area contributed by atoms with Crippen LogP contribution in [0.25, 0.3) is 11.1 Å². The van der Waals surface area contributed by atoms with E-state index in [1.54, 1.807) is 13.0 Å². The van der Waals surface area contributed by atoms with Gasteiger partial charge in [0, 0.05) is 18.2 Å². The average Bonchev–Trinajstić information content (AvgIpc) is 2.97. The van der Waals surface area contributed by atoms with Crippen LogP contribution in [0, 0.1) is 0 Å². The Kier molecular flexibility index (Phi) is 4.86. The maximum Gasteiger partial charge on any atom is 0.244 e. The second kappa shape index (κ2) is 7.07. The summed E-state index contributed by atoms with van der Waals surface area (Å²) < 4.78 is 5.83. The number of nitrogens with zero attached hydrogens (tertiary/aromatic N) is 1. The normalized spacial score (nSPS) is 13.6. The molecule has 0 fully saturated rings.